The minimum absolute atomic E-state index is 0. The fourth-order valence-corrected chi connectivity index (χ4v) is 4.50. The SMILES string of the molecule is CCNC(=NCC(C)N(C)Cc1ccccc1)NC1CCN(S(=O)(=O)CC)CC1.I. The van der Waals surface area contributed by atoms with Gasteiger partial charge in [0.15, 0.2) is 5.96 Å². The van der Waals surface area contributed by atoms with E-state index >= 15 is 0 Å². The number of halogens is 1. The number of rotatable bonds is 9. The molecule has 1 aromatic rings. The first-order valence-corrected chi connectivity index (χ1v) is 12.2. The molecule has 1 fully saturated rings. The van der Waals surface area contributed by atoms with E-state index in [9.17, 15) is 8.42 Å². The Kier molecular flexibility index (Phi) is 12.2. The molecule has 172 valence electrons. The second-order valence-corrected chi connectivity index (χ2v) is 9.95. The number of hydrogen-bond acceptors (Lipinski definition) is 4. The van der Waals surface area contributed by atoms with Gasteiger partial charge in [-0.1, -0.05) is 30.3 Å². The second-order valence-electron chi connectivity index (χ2n) is 7.69. The summed E-state index contributed by atoms with van der Waals surface area (Å²) in [5.41, 5.74) is 1.30. The van der Waals surface area contributed by atoms with E-state index < -0.39 is 10.0 Å². The molecule has 2 rings (SSSR count). The highest BCUT2D eigenvalue weighted by atomic mass is 127. The lowest BCUT2D eigenvalue weighted by atomic mass is 10.1. The molecule has 2 N–H and O–H groups in total. The number of guanidine groups is 1. The van der Waals surface area contributed by atoms with Crippen molar-refractivity contribution in [3.05, 3.63) is 35.9 Å². The summed E-state index contributed by atoms with van der Waals surface area (Å²) in [5, 5.41) is 6.80. The van der Waals surface area contributed by atoms with E-state index in [2.05, 4.69) is 60.7 Å². The molecular weight excluding hydrogens is 513 g/mol. The van der Waals surface area contributed by atoms with Crippen molar-refractivity contribution in [2.24, 2.45) is 4.99 Å². The van der Waals surface area contributed by atoms with Crippen molar-refractivity contribution in [3.8, 4) is 0 Å². The summed E-state index contributed by atoms with van der Waals surface area (Å²) in [6, 6.07) is 11.0. The molecule has 1 saturated heterocycles. The molecule has 0 aliphatic carbocycles. The van der Waals surface area contributed by atoms with Gasteiger partial charge in [-0.15, -0.1) is 24.0 Å². The Morgan fingerprint density at radius 2 is 1.87 bits per heavy atom. The molecule has 0 spiro atoms. The van der Waals surface area contributed by atoms with Crippen LogP contribution in [0.3, 0.4) is 0 Å². The molecular formula is C21H38IN5O2S. The fourth-order valence-electron chi connectivity index (χ4n) is 3.36. The summed E-state index contributed by atoms with van der Waals surface area (Å²) >= 11 is 0. The summed E-state index contributed by atoms with van der Waals surface area (Å²) in [7, 11) is -0.964. The maximum absolute atomic E-state index is 12.0. The van der Waals surface area contributed by atoms with Crippen molar-refractivity contribution >= 4 is 40.0 Å². The van der Waals surface area contributed by atoms with Gasteiger partial charge in [0.25, 0.3) is 0 Å². The van der Waals surface area contributed by atoms with Gasteiger partial charge in [-0.2, -0.15) is 0 Å². The molecule has 1 heterocycles. The van der Waals surface area contributed by atoms with E-state index in [1.165, 1.54) is 5.56 Å². The third-order valence-corrected chi connectivity index (χ3v) is 7.32. The van der Waals surface area contributed by atoms with Crippen LogP contribution in [0.25, 0.3) is 0 Å². The number of nitrogens with zero attached hydrogens (tertiary/aromatic N) is 3. The average molecular weight is 552 g/mol. The van der Waals surface area contributed by atoms with Gasteiger partial charge in [0, 0.05) is 38.3 Å². The summed E-state index contributed by atoms with van der Waals surface area (Å²) in [5.74, 6) is 0.980. The first kappa shape index (κ1) is 27.1. The molecule has 0 radical (unpaired) electrons. The van der Waals surface area contributed by atoms with Crippen LogP contribution in [0.1, 0.15) is 39.2 Å². The van der Waals surface area contributed by atoms with Gasteiger partial charge >= 0.3 is 0 Å². The van der Waals surface area contributed by atoms with Crippen molar-refractivity contribution in [2.75, 3.05) is 39.0 Å². The average Bonchev–Trinajstić information content (AvgIpc) is 2.73. The van der Waals surface area contributed by atoms with Crippen LogP contribution < -0.4 is 10.6 Å². The summed E-state index contributed by atoms with van der Waals surface area (Å²) in [6.45, 7) is 9.47. The maximum Gasteiger partial charge on any atom is 0.213 e. The summed E-state index contributed by atoms with van der Waals surface area (Å²) in [4.78, 5) is 7.08. The third-order valence-electron chi connectivity index (χ3n) is 5.44. The molecule has 1 aromatic carbocycles. The quantitative estimate of drug-likeness (QED) is 0.280. The Balaban J connectivity index is 0.00000450. The molecule has 0 bridgehead atoms. The van der Waals surface area contributed by atoms with Crippen molar-refractivity contribution in [3.63, 3.8) is 0 Å². The minimum atomic E-state index is -3.09. The summed E-state index contributed by atoms with van der Waals surface area (Å²) in [6.07, 6.45) is 1.60. The third kappa shape index (κ3) is 8.68. The van der Waals surface area contributed by atoms with Crippen molar-refractivity contribution in [2.45, 2.75) is 52.2 Å². The normalized spacial score (nSPS) is 17.4. The van der Waals surface area contributed by atoms with E-state index in [0.717, 1.165) is 31.9 Å². The molecule has 1 unspecified atom stereocenters. The topological polar surface area (TPSA) is 77.0 Å². The number of benzene rings is 1. The number of piperidine rings is 1. The van der Waals surface area contributed by atoms with Crippen LogP contribution in [0, 0.1) is 0 Å². The first-order chi connectivity index (χ1) is 13.9. The molecule has 0 saturated carbocycles. The smallest absolute Gasteiger partial charge is 0.213 e. The zero-order valence-corrected chi connectivity index (χ0v) is 21.8. The number of aliphatic imine (C=N–C) groups is 1. The zero-order valence-electron chi connectivity index (χ0n) is 18.7. The van der Waals surface area contributed by atoms with E-state index in [0.29, 0.717) is 25.7 Å². The van der Waals surface area contributed by atoms with Crippen LogP contribution in [-0.4, -0.2) is 74.6 Å². The first-order valence-electron chi connectivity index (χ1n) is 10.6. The molecule has 9 heteroatoms. The van der Waals surface area contributed by atoms with Gasteiger partial charge < -0.3 is 10.6 Å². The van der Waals surface area contributed by atoms with Crippen LogP contribution in [0.15, 0.2) is 35.3 Å². The lowest BCUT2D eigenvalue weighted by Gasteiger charge is -2.32. The van der Waals surface area contributed by atoms with Crippen LogP contribution in [0.4, 0.5) is 0 Å². The fraction of sp³-hybridized carbons (Fsp3) is 0.667. The van der Waals surface area contributed by atoms with Gasteiger partial charge in [-0.3, -0.25) is 9.89 Å². The summed E-state index contributed by atoms with van der Waals surface area (Å²) < 4.78 is 25.7. The lowest BCUT2D eigenvalue weighted by Crippen LogP contribution is -2.50. The Morgan fingerprint density at radius 1 is 1.23 bits per heavy atom. The van der Waals surface area contributed by atoms with Gasteiger partial charge in [0.1, 0.15) is 0 Å². The Labute approximate surface area is 199 Å². The minimum Gasteiger partial charge on any atom is -0.357 e. The van der Waals surface area contributed by atoms with E-state index in [-0.39, 0.29) is 35.8 Å². The maximum atomic E-state index is 12.0. The predicted octanol–water partition coefficient (Wildman–Crippen LogP) is 2.49. The molecule has 1 atom stereocenters. The van der Waals surface area contributed by atoms with Crippen LogP contribution in [-0.2, 0) is 16.6 Å². The van der Waals surface area contributed by atoms with Gasteiger partial charge in [-0.25, -0.2) is 12.7 Å². The molecule has 1 aliphatic heterocycles. The van der Waals surface area contributed by atoms with Crippen molar-refractivity contribution in [1.82, 2.24) is 19.8 Å². The molecule has 1 aliphatic rings. The Hall–Kier alpha value is -0.910. The number of nitrogens with one attached hydrogen (secondary N) is 2. The molecule has 0 amide bonds. The van der Waals surface area contributed by atoms with E-state index in [4.69, 9.17) is 4.99 Å². The number of hydrogen-bond donors (Lipinski definition) is 2. The Bertz CT molecular complexity index is 737. The molecule has 7 nitrogen and oxygen atoms in total. The Morgan fingerprint density at radius 3 is 2.43 bits per heavy atom. The van der Waals surface area contributed by atoms with Gasteiger partial charge in [-0.05, 0) is 46.2 Å². The number of likely N-dealkylation sites (N-methyl/N-ethyl adjacent to an activating group) is 1. The van der Waals surface area contributed by atoms with Gasteiger partial charge in [0.05, 0.1) is 12.3 Å². The highest BCUT2D eigenvalue weighted by Crippen LogP contribution is 2.14. The highest BCUT2D eigenvalue weighted by Gasteiger charge is 2.27. The number of sulfonamides is 1. The van der Waals surface area contributed by atoms with Gasteiger partial charge in [0.2, 0.25) is 10.0 Å². The molecule has 0 aromatic heterocycles. The monoisotopic (exact) mass is 551 g/mol. The standard InChI is InChI=1S/C21H37N5O2S.HI/c1-5-22-21(24-20-12-14-26(15-13-20)29(27,28)6-2)23-16-18(3)25(4)17-19-10-8-7-9-11-19;/h7-11,18,20H,5-6,12-17H2,1-4H3,(H2,22,23,24);1H. The van der Waals surface area contributed by atoms with E-state index in [1.54, 1.807) is 11.2 Å². The van der Waals surface area contributed by atoms with Crippen molar-refractivity contribution < 1.29 is 8.42 Å². The highest BCUT2D eigenvalue weighted by molar-refractivity contribution is 14.0. The van der Waals surface area contributed by atoms with Crippen molar-refractivity contribution in [1.29, 1.82) is 0 Å². The lowest BCUT2D eigenvalue weighted by molar-refractivity contribution is 0.254. The predicted molar refractivity (Wildman–Crippen MR) is 136 cm³/mol. The van der Waals surface area contributed by atoms with Crippen LogP contribution >= 0.6 is 24.0 Å². The van der Waals surface area contributed by atoms with Crippen LogP contribution in [0.5, 0.6) is 0 Å². The van der Waals surface area contributed by atoms with Crippen LogP contribution in [0.2, 0.25) is 0 Å². The molecule has 30 heavy (non-hydrogen) atoms. The zero-order chi connectivity index (χ0) is 21.3. The largest absolute Gasteiger partial charge is 0.357 e. The van der Waals surface area contributed by atoms with E-state index in [1.807, 2.05) is 6.07 Å². The second kappa shape index (κ2) is 13.5.